The summed E-state index contributed by atoms with van der Waals surface area (Å²) in [5.74, 6) is 1.73. The Balaban J connectivity index is 1.58. The molecule has 0 atom stereocenters. The molecule has 15 heavy (non-hydrogen) atoms. The Hall–Kier alpha value is -0.120. The first-order valence-electron chi connectivity index (χ1n) is 6.26. The quantitative estimate of drug-likeness (QED) is 0.689. The van der Waals surface area contributed by atoms with Gasteiger partial charge in [-0.2, -0.15) is 0 Å². The SMILES string of the molecule is CC(C)CN1CC(CN2CCOCC2)C1. The number of rotatable bonds is 4. The topological polar surface area (TPSA) is 15.7 Å². The summed E-state index contributed by atoms with van der Waals surface area (Å²) < 4.78 is 5.35. The van der Waals surface area contributed by atoms with E-state index in [0.29, 0.717) is 0 Å². The second kappa shape index (κ2) is 5.28. The van der Waals surface area contributed by atoms with Gasteiger partial charge in [-0.15, -0.1) is 0 Å². The molecule has 3 nitrogen and oxygen atoms in total. The molecule has 2 aliphatic rings. The van der Waals surface area contributed by atoms with Gasteiger partial charge in [-0.05, 0) is 11.8 Å². The minimum absolute atomic E-state index is 0.814. The van der Waals surface area contributed by atoms with Crippen LogP contribution in [-0.2, 0) is 4.74 Å². The molecule has 0 bridgehead atoms. The van der Waals surface area contributed by atoms with Crippen LogP contribution in [0, 0.1) is 11.8 Å². The predicted molar refractivity (Wildman–Crippen MR) is 62.0 cm³/mol. The van der Waals surface area contributed by atoms with Gasteiger partial charge < -0.3 is 9.64 Å². The van der Waals surface area contributed by atoms with Crippen molar-refractivity contribution in [2.24, 2.45) is 11.8 Å². The van der Waals surface area contributed by atoms with Crippen molar-refractivity contribution in [2.45, 2.75) is 13.8 Å². The molecule has 2 saturated heterocycles. The Bertz CT molecular complexity index is 184. The van der Waals surface area contributed by atoms with Crippen molar-refractivity contribution < 1.29 is 4.74 Å². The maximum absolute atomic E-state index is 5.35. The zero-order chi connectivity index (χ0) is 10.7. The summed E-state index contributed by atoms with van der Waals surface area (Å²) in [6, 6.07) is 0. The molecule has 3 heteroatoms. The summed E-state index contributed by atoms with van der Waals surface area (Å²) in [4.78, 5) is 5.14. The molecule has 0 saturated carbocycles. The van der Waals surface area contributed by atoms with Crippen LogP contribution in [0.25, 0.3) is 0 Å². The Labute approximate surface area is 93.4 Å². The second-order valence-corrected chi connectivity index (χ2v) is 5.39. The van der Waals surface area contributed by atoms with Crippen LogP contribution in [0.1, 0.15) is 13.8 Å². The van der Waals surface area contributed by atoms with Crippen LogP contribution in [0.4, 0.5) is 0 Å². The summed E-state index contributed by atoms with van der Waals surface area (Å²) in [5.41, 5.74) is 0. The summed E-state index contributed by atoms with van der Waals surface area (Å²) in [6.07, 6.45) is 0. The van der Waals surface area contributed by atoms with E-state index in [1.165, 1.54) is 26.2 Å². The minimum atomic E-state index is 0.814. The van der Waals surface area contributed by atoms with Crippen molar-refractivity contribution >= 4 is 0 Å². The molecule has 2 heterocycles. The first kappa shape index (κ1) is 11.4. The summed E-state index contributed by atoms with van der Waals surface area (Å²) in [6.45, 7) is 13.9. The summed E-state index contributed by atoms with van der Waals surface area (Å²) in [5, 5.41) is 0. The molecule has 2 fully saturated rings. The molecule has 0 unspecified atom stereocenters. The standard InChI is InChI=1S/C12H24N2O/c1-11(2)7-14-9-12(10-14)8-13-3-5-15-6-4-13/h11-12H,3-10H2,1-2H3. The van der Waals surface area contributed by atoms with E-state index in [4.69, 9.17) is 4.74 Å². The highest BCUT2D eigenvalue weighted by molar-refractivity contribution is 4.83. The molecule has 2 aliphatic heterocycles. The normalized spacial score (nSPS) is 25.8. The average Bonchev–Trinajstić information content (AvgIpc) is 2.15. The second-order valence-electron chi connectivity index (χ2n) is 5.39. The molecule has 0 aromatic carbocycles. The van der Waals surface area contributed by atoms with Gasteiger partial charge in [-0.3, -0.25) is 4.90 Å². The van der Waals surface area contributed by atoms with Crippen molar-refractivity contribution in [3.63, 3.8) is 0 Å². The van der Waals surface area contributed by atoms with Crippen molar-refractivity contribution in [1.82, 2.24) is 9.80 Å². The Kier molecular flexibility index (Phi) is 4.00. The van der Waals surface area contributed by atoms with Gasteiger partial charge >= 0.3 is 0 Å². The van der Waals surface area contributed by atoms with Crippen molar-refractivity contribution in [2.75, 3.05) is 52.5 Å². The van der Waals surface area contributed by atoms with E-state index >= 15 is 0 Å². The zero-order valence-corrected chi connectivity index (χ0v) is 10.1. The van der Waals surface area contributed by atoms with Crippen molar-refractivity contribution in [3.05, 3.63) is 0 Å². The highest BCUT2D eigenvalue weighted by Crippen LogP contribution is 2.18. The molecule has 0 aromatic heterocycles. The van der Waals surface area contributed by atoms with Gasteiger partial charge in [0.05, 0.1) is 13.2 Å². The lowest BCUT2D eigenvalue weighted by Gasteiger charge is -2.43. The third kappa shape index (κ3) is 3.44. The molecular weight excluding hydrogens is 188 g/mol. The Morgan fingerprint density at radius 1 is 1.13 bits per heavy atom. The van der Waals surface area contributed by atoms with Crippen LogP contribution < -0.4 is 0 Å². The van der Waals surface area contributed by atoms with E-state index in [1.807, 2.05) is 0 Å². The first-order chi connectivity index (χ1) is 7.24. The van der Waals surface area contributed by atoms with Crippen LogP contribution in [0.5, 0.6) is 0 Å². The molecule has 0 N–H and O–H groups in total. The number of nitrogens with zero attached hydrogens (tertiary/aromatic N) is 2. The molecule has 0 radical (unpaired) electrons. The van der Waals surface area contributed by atoms with E-state index in [2.05, 4.69) is 23.6 Å². The average molecular weight is 212 g/mol. The third-order valence-electron chi connectivity index (χ3n) is 3.28. The smallest absolute Gasteiger partial charge is 0.0594 e. The van der Waals surface area contributed by atoms with Crippen LogP contribution in [-0.4, -0.2) is 62.3 Å². The van der Waals surface area contributed by atoms with Crippen LogP contribution in [0.2, 0.25) is 0 Å². The van der Waals surface area contributed by atoms with Gasteiger partial charge in [-0.25, -0.2) is 0 Å². The molecule has 2 rings (SSSR count). The molecule has 88 valence electrons. The van der Waals surface area contributed by atoms with E-state index in [-0.39, 0.29) is 0 Å². The van der Waals surface area contributed by atoms with Crippen LogP contribution in [0.3, 0.4) is 0 Å². The van der Waals surface area contributed by atoms with E-state index in [1.54, 1.807) is 0 Å². The number of hydrogen-bond donors (Lipinski definition) is 0. The van der Waals surface area contributed by atoms with Gasteiger partial charge in [0.2, 0.25) is 0 Å². The van der Waals surface area contributed by atoms with E-state index in [0.717, 1.165) is 38.1 Å². The monoisotopic (exact) mass is 212 g/mol. The molecular formula is C12H24N2O. The van der Waals surface area contributed by atoms with Crippen molar-refractivity contribution in [3.8, 4) is 0 Å². The minimum Gasteiger partial charge on any atom is -0.379 e. The number of likely N-dealkylation sites (tertiary alicyclic amines) is 1. The first-order valence-corrected chi connectivity index (χ1v) is 6.26. The summed E-state index contributed by atoms with van der Waals surface area (Å²) in [7, 11) is 0. The zero-order valence-electron chi connectivity index (χ0n) is 10.1. The molecule has 0 aromatic rings. The van der Waals surface area contributed by atoms with E-state index < -0.39 is 0 Å². The summed E-state index contributed by atoms with van der Waals surface area (Å²) >= 11 is 0. The van der Waals surface area contributed by atoms with Gasteiger partial charge in [0.25, 0.3) is 0 Å². The number of morpholine rings is 1. The Morgan fingerprint density at radius 3 is 2.40 bits per heavy atom. The maximum atomic E-state index is 5.35. The lowest BCUT2D eigenvalue weighted by molar-refractivity contribution is 0.00354. The molecule has 0 aliphatic carbocycles. The Morgan fingerprint density at radius 2 is 1.80 bits per heavy atom. The highest BCUT2D eigenvalue weighted by Gasteiger charge is 2.28. The number of ether oxygens (including phenoxy) is 1. The molecule has 0 spiro atoms. The van der Waals surface area contributed by atoms with Gasteiger partial charge in [0, 0.05) is 39.3 Å². The predicted octanol–water partition coefficient (Wildman–Crippen LogP) is 0.906. The van der Waals surface area contributed by atoms with Gasteiger partial charge in [-0.1, -0.05) is 13.8 Å². The number of hydrogen-bond acceptors (Lipinski definition) is 3. The van der Waals surface area contributed by atoms with Crippen molar-refractivity contribution in [1.29, 1.82) is 0 Å². The van der Waals surface area contributed by atoms with Gasteiger partial charge in [0.15, 0.2) is 0 Å². The third-order valence-corrected chi connectivity index (χ3v) is 3.28. The fourth-order valence-electron chi connectivity index (χ4n) is 2.61. The fraction of sp³-hybridized carbons (Fsp3) is 1.00. The molecule has 0 amide bonds. The maximum Gasteiger partial charge on any atom is 0.0594 e. The largest absolute Gasteiger partial charge is 0.379 e. The fourth-order valence-corrected chi connectivity index (χ4v) is 2.61. The van der Waals surface area contributed by atoms with E-state index in [9.17, 15) is 0 Å². The van der Waals surface area contributed by atoms with Crippen LogP contribution >= 0.6 is 0 Å². The lowest BCUT2D eigenvalue weighted by atomic mass is 9.98. The highest BCUT2D eigenvalue weighted by atomic mass is 16.5. The lowest BCUT2D eigenvalue weighted by Crippen LogP contribution is -2.53. The van der Waals surface area contributed by atoms with Gasteiger partial charge in [0.1, 0.15) is 0 Å². The van der Waals surface area contributed by atoms with Crippen LogP contribution in [0.15, 0.2) is 0 Å².